The van der Waals surface area contributed by atoms with Crippen LogP contribution in [0.2, 0.25) is 0 Å². The monoisotopic (exact) mass is 252 g/mol. The van der Waals surface area contributed by atoms with Crippen molar-refractivity contribution in [3.63, 3.8) is 0 Å². The van der Waals surface area contributed by atoms with Crippen molar-refractivity contribution in [2.75, 3.05) is 11.4 Å². The number of benzene rings is 1. The zero-order chi connectivity index (χ0) is 13.4. The van der Waals surface area contributed by atoms with Gasteiger partial charge >= 0.3 is 0 Å². The first-order chi connectivity index (χ1) is 9.15. The van der Waals surface area contributed by atoms with E-state index < -0.39 is 0 Å². The number of aromatic nitrogens is 1. The average molecular weight is 252 g/mol. The van der Waals surface area contributed by atoms with Crippen LogP contribution < -0.4 is 10.4 Å². The molecule has 92 valence electrons. The molecule has 0 fully saturated rings. The maximum absolute atomic E-state index is 13.1. The van der Waals surface area contributed by atoms with Gasteiger partial charge in [-0.1, -0.05) is 11.5 Å². The van der Waals surface area contributed by atoms with Crippen LogP contribution in [0.25, 0.3) is 0 Å². The Hall–Kier alpha value is -2.17. The number of pyridine rings is 1. The average Bonchev–Trinajstić information content (AvgIpc) is 2.80. The van der Waals surface area contributed by atoms with Gasteiger partial charge in [0.2, 0.25) is 0 Å². The number of hydrogen-bond acceptors (Lipinski definition) is 2. The van der Waals surface area contributed by atoms with Crippen molar-refractivity contribution < 1.29 is 9.18 Å². The Balaban J connectivity index is 1.95. The van der Waals surface area contributed by atoms with Crippen LogP contribution in [0.5, 0.6) is 0 Å². The van der Waals surface area contributed by atoms with Crippen molar-refractivity contribution in [1.29, 1.82) is 0 Å². The fourth-order valence-corrected chi connectivity index (χ4v) is 2.31. The minimum Gasteiger partial charge on any atom is -0.308 e. The minimum absolute atomic E-state index is 0.162. The molecule has 1 amide bonds. The number of nitrogens with zero attached hydrogens (tertiary/aromatic N) is 2. The summed E-state index contributed by atoms with van der Waals surface area (Å²) in [5, 5.41) is 0. The number of carbonyl (C=O) groups excluding carboxylic acids is 1. The highest BCUT2D eigenvalue weighted by Crippen LogP contribution is 2.29. The van der Waals surface area contributed by atoms with Crippen molar-refractivity contribution in [2.24, 2.45) is 0 Å². The standard InChI is InChI=1S/C14H10BFN2O/c15-11-5-10(7-17-8-11)14(19)18-4-3-9-6-12(16)1-2-13(9)18/h1-2,5-8H,3-4H2. The first-order valence-corrected chi connectivity index (χ1v) is 5.96. The van der Waals surface area contributed by atoms with Crippen LogP contribution >= 0.6 is 0 Å². The Morgan fingerprint density at radius 3 is 2.95 bits per heavy atom. The van der Waals surface area contributed by atoms with E-state index >= 15 is 0 Å². The highest BCUT2D eigenvalue weighted by Gasteiger charge is 2.25. The normalized spacial score (nSPS) is 13.4. The summed E-state index contributed by atoms with van der Waals surface area (Å²) >= 11 is 0. The predicted molar refractivity (Wildman–Crippen MR) is 71.4 cm³/mol. The van der Waals surface area contributed by atoms with Gasteiger partial charge in [0, 0.05) is 24.6 Å². The topological polar surface area (TPSA) is 33.2 Å². The summed E-state index contributed by atoms with van der Waals surface area (Å²) in [5.41, 5.74) is 2.50. The van der Waals surface area contributed by atoms with Gasteiger partial charge in [0.25, 0.3) is 5.91 Å². The third-order valence-electron chi connectivity index (χ3n) is 3.19. The number of hydrogen-bond donors (Lipinski definition) is 0. The maximum atomic E-state index is 13.1. The first kappa shape index (κ1) is 11.9. The Labute approximate surface area is 111 Å². The predicted octanol–water partition coefficient (Wildman–Crippen LogP) is 1.22. The van der Waals surface area contributed by atoms with E-state index in [0.717, 1.165) is 11.3 Å². The summed E-state index contributed by atoms with van der Waals surface area (Å²) in [6.45, 7) is 0.548. The molecule has 0 N–H and O–H groups in total. The molecule has 1 aromatic carbocycles. The van der Waals surface area contributed by atoms with Crippen molar-refractivity contribution in [1.82, 2.24) is 4.98 Å². The lowest BCUT2D eigenvalue weighted by Gasteiger charge is -2.17. The second-order valence-electron chi connectivity index (χ2n) is 4.49. The molecule has 2 heterocycles. The quantitative estimate of drug-likeness (QED) is 0.715. The van der Waals surface area contributed by atoms with Gasteiger partial charge in [-0.3, -0.25) is 9.78 Å². The van der Waals surface area contributed by atoms with Crippen LogP contribution in [0, 0.1) is 5.82 Å². The number of rotatable bonds is 1. The Kier molecular flexibility index (Phi) is 2.82. The number of fused-ring (bicyclic) bond motifs is 1. The van der Waals surface area contributed by atoms with E-state index in [4.69, 9.17) is 7.85 Å². The van der Waals surface area contributed by atoms with Crippen LogP contribution in [0.4, 0.5) is 10.1 Å². The Bertz CT molecular complexity index is 660. The van der Waals surface area contributed by atoms with Crippen molar-refractivity contribution in [3.8, 4) is 0 Å². The number of halogens is 1. The Morgan fingerprint density at radius 2 is 2.16 bits per heavy atom. The molecule has 0 saturated heterocycles. The number of anilines is 1. The molecule has 0 aliphatic carbocycles. The van der Waals surface area contributed by atoms with Crippen molar-refractivity contribution in [3.05, 3.63) is 53.6 Å². The third kappa shape index (κ3) is 2.12. The lowest BCUT2D eigenvalue weighted by atomic mass is 9.97. The molecule has 1 aromatic heterocycles. The fraction of sp³-hybridized carbons (Fsp3) is 0.143. The van der Waals surface area contributed by atoms with Crippen LogP contribution in [-0.4, -0.2) is 25.3 Å². The van der Waals surface area contributed by atoms with E-state index in [0.29, 0.717) is 24.0 Å². The van der Waals surface area contributed by atoms with Gasteiger partial charge in [0.1, 0.15) is 13.7 Å². The SMILES string of the molecule is [B]c1cncc(C(=O)N2CCc3cc(F)ccc32)c1. The van der Waals surface area contributed by atoms with Crippen molar-refractivity contribution in [2.45, 2.75) is 6.42 Å². The minimum atomic E-state index is -0.279. The maximum Gasteiger partial charge on any atom is 0.259 e. The summed E-state index contributed by atoms with van der Waals surface area (Å²) in [7, 11) is 5.63. The first-order valence-electron chi connectivity index (χ1n) is 5.96. The molecular formula is C14H10BFN2O. The fourth-order valence-electron chi connectivity index (χ4n) is 2.31. The molecule has 1 aliphatic heterocycles. The molecule has 3 rings (SSSR count). The van der Waals surface area contributed by atoms with Crippen LogP contribution in [0.15, 0.2) is 36.7 Å². The molecule has 1 aliphatic rings. The summed E-state index contributed by atoms with van der Waals surface area (Å²) < 4.78 is 13.1. The second-order valence-corrected chi connectivity index (χ2v) is 4.49. The van der Waals surface area contributed by atoms with E-state index in [9.17, 15) is 9.18 Å². The molecule has 0 saturated carbocycles. The lowest BCUT2D eigenvalue weighted by molar-refractivity contribution is 0.0989. The van der Waals surface area contributed by atoms with E-state index in [2.05, 4.69) is 4.98 Å². The number of amides is 1. The Morgan fingerprint density at radius 1 is 1.32 bits per heavy atom. The molecule has 2 aromatic rings. The van der Waals surface area contributed by atoms with E-state index in [1.807, 2.05) is 0 Å². The van der Waals surface area contributed by atoms with Gasteiger partial charge in [-0.05, 0) is 30.2 Å². The molecule has 5 heteroatoms. The molecule has 0 unspecified atom stereocenters. The molecule has 0 spiro atoms. The number of carbonyl (C=O) groups is 1. The molecule has 0 bridgehead atoms. The van der Waals surface area contributed by atoms with Crippen LogP contribution in [-0.2, 0) is 6.42 Å². The van der Waals surface area contributed by atoms with Crippen LogP contribution in [0.3, 0.4) is 0 Å². The molecule has 2 radical (unpaired) electrons. The summed E-state index contributed by atoms with van der Waals surface area (Å²) in [6.07, 6.45) is 3.64. The van der Waals surface area contributed by atoms with Gasteiger partial charge in [0.05, 0.1) is 5.56 Å². The van der Waals surface area contributed by atoms with Crippen LogP contribution in [0.1, 0.15) is 15.9 Å². The van der Waals surface area contributed by atoms with E-state index in [-0.39, 0.29) is 11.7 Å². The molecule has 3 nitrogen and oxygen atoms in total. The van der Waals surface area contributed by atoms with Crippen molar-refractivity contribution >= 4 is 24.9 Å². The third-order valence-corrected chi connectivity index (χ3v) is 3.19. The highest BCUT2D eigenvalue weighted by molar-refractivity contribution is 6.32. The summed E-state index contributed by atoms with van der Waals surface area (Å²) in [4.78, 5) is 17.9. The van der Waals surface area contributed by atoms with E-state index in [1.165, 1.54) is 24.5 Å². The van der Waals surface area contributed by atoms with Gasteiger partial charge < -0.3 is 4.90 Å². The van der Waals surface area contributed by atoms with E-state index in [1.54, 1.807) is 17.0 Å². The van der Waals surface area contributed by atoms with Gasteiger partial charge in [-0.25, -0.2) is 4.39 Å². The summed E-state index contributed by atoms with van der Waals surface area (Å²) in [6, 6.07) is 6.06. The highest BCUT2D eigenvalue weighted by atomic mass is 19.1. The summed E-state index contributed by atoms with van der Waals surface area (Å²) in [5.74, 6) is -0.441. The zero-order valence-corrected chi connectivity index (χ0v) is 10.1. The smallest absolute Gasteiger partial charge is 0.259 e. The van der Waals surface area contributed by atoms with Gasteiger partial charge in [-0.15, -0.1) is 0 Å². The molecule has 19 heavy (non-hydrogen) atoms. The van der Waals surface area contributed by atoms with Gasteiger partial charge in [-0.2, -0.15) is 0 Å². The lowest BCUT2D eigenvalue weighted by Crippen LogP contribution is -2.29. The largest absolute Gasteiger partial charge is 0.308 e. The van der Waals surface area contributed by atoms with Gasteiger partial charge in [0.15, 0.2) is 0 Å². The molecule has 0 atom stereocenters. The second kappa shape index (κ2) is 4.50. The zero-order valence-electron chi connectivity index (χ0n) is 10.1. The molecular weight excluding hydrogens is 242 g/mol.